The number of rotatable bonds is 4. The molecule has 0 aliphatic carbocycles. The van der Waals surface area contributed by atoms with Crippen molar-refractivity contribution in [1.82, 2.24) is 0 Å². The molecule has 0 radical (unpaired) electrons. The van der Waals surface area contributed by atoms with Gasteiger partial charge in [0.05, 0.1) is 11.4 Å². The number of thioether (sulfide) groups is 1. The molecule has 1 aliphatic heterocycles. The molecule has 7 heteroatoms. The Labute approximate surface area is 193 Å². The van der Waals surface area contributed by atoms with E-state index in [4.69, 9.17) is 0 Å². The lowest BCUT2D eigenvalue weighted by molar-refractivity contribution is -0.115. The van der Waals surface area contributed by atoms with Gasteiger partial charge in [-0.2, -0.15) is 0 Å². The average Bonchev–Trinajstić information content (AvgIpc) is 3.21. The maximum atomic E-state index is 14.3. The van der Waals surface area contributed by atoms with E-state index in [-0.39, 0.29) is 23.3 Å². The van der Waals surface area contributed by atoms with Crippen molar-refractivity contribution in [2.75, 3.05) is 16.0 Å². The normalized spacial score (nSPS) is 15.8. The second-order valence-corrected chi connectivity index (χ2v) is 8.73. The summed E-state index contributed by atoms with van der Waals surface area (Å²) in [7, 11) is 0. The topological polar surface area (TPSA) is 49.4 Å². The Kier molecular flexibility index (Phi) is 5.56. The van der Waals surface area contributed by atoms with Crippen LogP contribution in [0.25, 0.3) is 10.8 Å². The molecule has 33 heavy (non-hydrogen) atoms. The van der Waals surface area contributed by atoms with Gasteiger partial charge in [-0.3, -0.25) is 14.5 Å². The Bertz CT molecular complexity index is 1370. The fourth-order valence-corrected chi connectivity index (χ4v) is 5.04. The van der Waals surface area contributed by atoms with E-state index < -0.39 is 17.0 Å². The van der Waals surface area contributed by atoms with Crippen LogP contribution in [-0.2, 0) is 4.79 Å². The van der Waals surface area contributed by atoms with Crippen LogP contribution in [0, 0.1) is 11.6 Å². The number of carbonyl (C=O) groups is 2. The molecule has 4 nitrogen and oxygen atoms in total. The highest BCUT2D eigenvalue weighted by atomic mass is 32.2. The lowest BCUT2D eigenvalue weighted by Crippen LogP contribution is -2.28. The number of hydrogen-bond donors (Lipinski definition) is 1. The van der Waals surface area contributed by atoms with E-state index in [1.807, 2.05) is 36.4 Å². The molecule has 1 aliphatic rings. The summed E-state index contributed by atoms with van der Waals surface area (Å²) in [5.41, 5.74) is 1.80. The van der Waals surface area contributed by atoms with E-state index in [1.54, 1.807) is 30.3 Å². The van der Waals surface area contributed by atoms with Crippen LogP contribution in [0.5, 0.6) is 0 Å². The van der Waals surface area contributed by atoms with E-state index in [9.17, 15) is 18.4 Å². The Morgan fingerprint density at radius 2 is 1.67 bits per heavy atom. The number of nitrogens with one attached hydrogen (secondary N) is 1. The molecule has 1 fully saturated rings. The maximum Gasteiger partial charge on any atom is 0.255 e. The number of anilines is 2. The van der Waals surface area contributed by atoms with E-state index in [0.717, 1.165) is 34.5 Å². The van der Waals surface area contributed by atoms with Crippen molar-refractivity contribution < 1.29 is 18.4 Å². The van der Waals surface area contributed by atoms with Crippen LogP contribution in [0.15, 0.2) is 84.9 Å². The number of hydrogen-bond acceptors (Lipinski definition) is 3. The van der Waals surface area contributed by atoms with E-state index in [0.29, 0.717) is 11.3 Å². The first kappa shape index (κ1) is 21.2. The number of halogens is 2. The fraction of sp³-hybridized carbons (Fsp3) is 0.0769. The number of nitrogens with zero attached hydrogens (tertiary/aromatic N) is 1. The largest absolute Gasteiger partial charge is 0.322 e. The highest BCUT2D eigenvalue weighted by molar-refractivity contribution is 8.00. The van der Waals surface area contributed by atoms with Gasteiger partial charge >= 0.3 is 0 Å². The van der Waals surface area contributed by atoms with Gasteiger partial charge in [0.1, 0.15) is 17.0 Å². The van der Waals surface area contributed by atoms with Crippen molar-refractivity contribution in [3.05, 3.63) is 108 Å². The van der Waals surface area contributed by atoms with Gasteiger partial charge in [-0.25, -0.2) is 8.78 Å². The summed E-state index contributed by atoms with van der Waals surface area (Å²) in [6.07, 6.45) is 0. The summed E-state index contributed by atoms with van der Waals surface area (Å²) in [5, 5.41) is 4.42. The SMILES string of the molecule is O=C(Nc1ccc(C2SCC(=O)N2c2cc(F)ccc2F)cc1)c1ccc2ccccc2c1. The second-order valence-electron chi connectivity index (χ2n) is 7.66. The smallest absolute Gasteiger partial charge is 0.255 e. The molecule has 1 atom stereocenters. The number of carbonyl (C=O) groups excluding carboxylic acids is 2. The lowest BCUT2D eigenvalue weighted by atomic mass is 10.1. The average molecular weight is 461 g/mol. The van der Waals surface area contributed by atoms with Crippen LogP contribution in [-0.4, -0.2) is 17.6 Å². The molecule has 1 heterocycles. The second kappa shape index (κ2) is 8.67. The number of fused-ring (bicyclic) bond motifs is 1. The Morgan fingerprint density at radius 1 is 0.909 bits per heavy atom. The number of benzene rings is 4. The zero-order valence-electron chi connectivity index (χ0n) is 17.3. The predicted molar refractivity (Wildman–Crippen MR) is 127 cm³/mol. The van der Waals surface area contributed by atoms with Crippen molar-refractivity contribution >= 4 is 45.7 Å². The number of amides is 2. The molecular formula is C26H18F2N2O2S. The van der Waals surface area contributed by atoms with Crippen LogP contribution in [0.2, 0.25) is 0 Å². The van der Waals surface area contributed by atoms with Crippen molar-refractivity contribution in [2.45, 2.75) is 5.37 Å². The highest BCUT2D eigenvalue weighted by Crippen LogP contribution is 2.42. The Morgan fingerprint density at radius 3 is 2.45 bits per heavy atom. The fourth-order valence-electron chi connectivity index (χ4n) is 3.87. The van der Waals surface area contributed by atoms with Gasteiger partial charge in [-0.1, -0.05) is 42.5 Å². The van der Waals surface area contributed by atoms with Crippen LogP contribution in [0.1, 0.15) is 21.3 Å². The molecule has 5 rings (SSSR count). The maximum absolute atomic E-state index is 14.3. The molecule has 1 unspecified atom stereocenters. The third-order valence-corrected chi connectivity index (χ3v) is 6.71. The Balaban J connectivity index is 1.35. The van der Waals surface area contributed by atoms with Gasteiger partial charge in [-0.05, 0) is 52.7 Å². The molecule has 2 amide bonds. The first-order valence-corrected chi connectivity index (χ1v) is 11.3. The molecule has 0 aromatic heterocycles. The monoisotopic (exact) mass is 460 g/mol. The molecule has 0 saturated carbocycles. The van der Waals surface area contributed by atoms with Crippen LogP contribution < -0.4 is 10.2 Å². The van der Waals surface area contributed by atoms with E-state index in [1.165, 1.54) is 16.7 Å². The highest BCUT2D eigenvalue weighted by Gasteiger charge is 2.35. The molecule has 0 bridgehead atoms. The summed E-state index contributed by atoms with van der Waals surface area (Å²) in [4.78, 5) is 26.4. The molecule has 164 valence electrons. The lowest BCUT2D eigenvalue weighted by Gasteiger charge is -2.25. The predicted octanol–water partition coefficient (Wildman–Crippen LogP) is 6.15. The standard InChI is InChI=1S/C26H18F2N2O2S/c27-20-9-12-22(28)23(14-20)30-24(31)15-33-26(30)17-7-10-21(11-8-17)29-25(32)19-6-5-16-3-1-2-4-18(16)13-19/h1-14,26H,15H2,(H,29,32). The van der Waals surface area contributed by atoms with Crippen molar-refractivity contribution in [2.24, 2.45) is 0 Å². The van der Waals surface area contributed by atoms with Gasteiger partial charge < -0.3 is 5.32 Å². The molecule has 0 spiro atoms. The summed E-state index contributed by atoms with van der Waals surface area (Å²) < 4.78 is 28.0. The quantitative estimate of drug-likeness (QED) is 0.397. The van der Waals surface area contributed by atoms with Crippen molar-refractivity contribution in [1.29, 1.82) is 0 Å². The summed E-state index contributed by atoms with van der Waals surface area (Å²) in [6, 6.07) is 23.4. The van der Waals surface area contributed by atoms with Gasteiger partial charge in [0, 0.05) is 17.3 Å². The third-order valence-electron chi connectivity index (χ3n) is 5.50. The molecule has 4 aromatic rings. The molecule has 1 N–H and O–H groups in total. The molecular weight excluding hydrogens is 442 g/mol. The molecule has 1 saturated heterocycles. The third kappa shape index (κ3) is 4.19. The van der Waals surface area contributed by atoms with Crippen molar-refractivity contribution in [3.63, 3.8) is 0 Å². The van der Waals surface area contributed by atoms with Crippen LogP contribution >= 0.6 is 11.8 Å². The van der Waals surface area contributed by atoms with Crippen LogP contribution in [0.3, 0.4) is 0 Å². The summed E-state index contributed by atoms with van der Waals surface area (Å²) >= 11 is 1.34. The zero-order valence-corrected chi connectivity index (χ0v) is 18.1. The van der Waals surface area contributed by atoms with Gasteiger partial charge in [-0.15, -0.1) is 11.8 Å². The summed E-state index contributed by atoms with van der Waals surface area (Å²) in [5.74, 6) is -1.62. The first-order valence-electron chi connectivity index (χ1n) is 10.3. The minimum atomic E-state index is -0.656. The van der Waals surface area contributed by atoms with Crippen LogP contribution in [0.4, 0.5) is 20.2 Å². The Hall–Kier alpha value is -3.71. The minimum absolute atomic E-state index is 0.0799. The van der Waals surface area contributed by atoms with E-state index in [2.05, 4.69) is 5.32 Å². The van der Waals surface area contributed by atoms with Gasteiger partial charge in [0.2, 0.25) is 5.91 Å². The summed E-state index contributed by atoms with van der Waals surface area (Å²) in [6.45, 7) is 0. The van der Waals surface area contributed by atoms with Gasteiger partial charge in [0.25, 0.3) is 5.91 Å². The first-order chi connectivity index (χ1) is 16.0. The van der Waals surface area contributed by atoms with Gasteiger partial charge in [0.15, 0.2) is 0 Å². The van der Waals surface area contributed by atoms with E-state index >= 15 is 0 Å². The molecule has 4 aromatic carbocycles. The van der Waals surface area contributed by atoms with Crippen molar-refractivity contribution in [3.8, 4) is 0 Å². The minimum Gasteiger partial charge on any atom is -0.322 e. The zero-order chi connectivity index (χ0) is 22.9.